The molecule has 1 fully saturated rings. The molecule has 3 rings (SSSR count). The third-order valence-corrected chi connectivity index (χ3v) is 3.40. The van der Waals surface area contributed by atoms with Crippen molar-refractivity contribution in [2.45, 2.75) is 12.8 Å². The number of anilines is 1. The molecule has 1 heterocycles. The van der Waals surface area contributed by atoms with Crippen LogP contribution in [-0.4, -0.2) is 28.8 Å². The molecule has 5 nitrogen and oxygen atoms in total. The van der Waals surface area contributed by atoms with Crippen molar-refractivity contribution in [1.29, 1.82) is 0 Å². The molecule has 2 aromatic rings. The average molecular weight is 288 g/mol. The Morgan fingerprint density at radius 2 is 2.29 bits per heavy atom. The summed E-state index contributed by atoms with van der Waals surface area (Å²) in [4.78, 5) is 11.7. The van der Waals surface area contributed by atoms with Crippen LogP contribution in [0, 0.1) is 11.7 Å². The quantitative estimate of drug-likeness (QED) is 0.854. The molecule has 0 unspecified atom stereocenters. The first-order valence-corrected chi connectivity index (χ1v) is 7.02. The third-order valence-electron chi connectivity index (χ3n) is 3.40. The lowest BCUT2D eigenvalue weighted by Gasteiger charge is -2.08. The van der Waals surface area contributed by atoms with Crippen molar-refractivity contribution in [2.75, 3.05) is 18.4 Å². The first-order valence-electron chi connectivity index (χ1n) is 7.02. The van der Waals surface area contributed by atoms with Gasteiger partial charge in [-0.2, -0.15) is 5.10 Å². The molecule has 1 aromatic carbocycles. The number of hydrogen-bond donors (Lipinski definition) is 2. The van der Waals surface area contributed by atoms with E-state index in [0.717, 1.165) is 12.5 Å². The molecule has 2 N–H and O–H groups in total. The van der Waals surface area contributed by atoms with Crippen molar-refractivity contribution in [3.63, 3.8) is 0 Å². The molecule has 6 heteroatoms. The summed E-state index contributed by atoms with van der Waals surface area (Å²) < 4.78 is 15.4. The van der Waals surface area contributed by atoms with Gasteiger partial charge in [-0.05, 0) is 49.6 Å². The highest BCUT2D eigenvalue weighted by molar-refractivity contribution is 5.92. The SMILES string of the molecule is O=C(CNCC1CC1)Nc1ccc(-n2cccn2)c(F)c1. The molecular formula is C15H17FN4O. The number of benzene rings is 1. The number of nitrogens with zero attached hydrogens (tertiary/aromatic N) is 2. The number of rotatable bonds is 6. The fourth-order valence-corrected chi connectivity index (χ4v) is 2.10. The smallest absolute Gasteiger partial charge is 0.238 e. The number of halogens is 1. The summed E-state index contributed by atoms with van der Waals surface area (Å²) >= 11 is 0. The number of amides is 1. The van der Waals surface area contributed by atoms with Gasteiger partial charge in [0.15, 0.2) is 5.82 Å². The van der Waals surface area contributed by atoms with E-state index in [1.54, 1.807) is 30.6 Å². The topological polar surface area (TPSA) is 59.0 Å². The lowest BCUT2D eigenvalue weighted by atomic mass is 10.2. The lowest BCUT2D eigenvalue weighted by molar-refractivity contribution is -0.115. The number of carbonyl (C=O) groups excluding carboxylic acids is 1. The van der Waals surface area contributed by atoms with Gasteiger partial charge in [-0.3, -0.25) is 4.79 Å². The maximum absolute atomic E-state index is 14.0. The van der Waals surface area contributed by atoms with Gasteiger partial charge in [0.25, 0.3) is 0 Å². The molecule has 110 valence electrons. The van der Waals surface area contributed by atoms with Crippen molar-refractivity contribution in [3.8, 4) is 5.69 Å². The zero-order chi connectivity index (χ0) is 14.7. The Labute approximate surface area is 122 Å². The lowest BCUT2D eigenvalue weighted by Crippen LogP contribution is -2.29. The number of hydrogen-bond acceptors (Lipinski definition) is 3. The largest absolute Gasteiger partial charge is 0.325 e. The monoisotopic (exact) mass is 288 g/mol. The van der Waals surface area contributed by atoms with Crippen LogP contribution in [0.1, 0.15) is 12.8 Å². The van der Waals surface area contributed by atoms with Crippen molar-refractivity contribution in [3.05, 3.63) is 42.5 Å². The van der Waals surface area contributed by atoms with Crippen LogP contribution in [0.4, 0.5) is 10.1 Å². The van der Waals surface area contributed by atoms with Gasteiger partial charge in [0.05, 0.1) is 6.54 Å². The molecule has 1 amide bonds. The van der Waals surface area contributed by atoms with Crippen molar-refractivity contribution in [2.24, 2.45) is 5.92 Å². The first-order chi connectivity index (χ1) is 10.2. The molecule has 0 bridgehead atoms. The van der Waals surface area contributed by atoms with Crippen molar-refractivity contribution in [1.82, 2.24) is 15.1 Å². The van der Waals surface area contributed by atoms with Crippen molar-refractivity contribution < 1.29 is 9.18 Å². The Balaban J connectivity index is 1.58. The normalized spacial score (nSPS) is 14.1. The van der Waals surface area contributed by atoms with Crippen molar-refractivity contribution >= 4 is 11.6 Å². The number of nitrogens with one attached hydrogen (secondary N) is 2. The second-order valence-electron chi connectivity index (χ2n) is 5.24. The van der Waals surface area contributed by atoms with Crippen LogP contribution in [0.25, 0.3) is 5.69 Å². The Kier molecular flexibility index (Phi) is 3.96. The van der Waals surface area contributed by atoms with Gasteiger partial charge in [0, 0.05) is 18.1 Å². The van der Waals surface area contributed by atoms with Crippen LogP contribution in [0.5, 0.6) is 0 Å². The fourth-order valence-electron chi connectivity index (χ4n) is 2.10. The summed E-state index contributed by atoms with van der Waals surface area (Å²) in [5.74, 6) is 0.132. The molecule has 0 atom stereocenters. The Morgan fingerprint density at radius 1 is 1.43 bits per heavy atom. The van der Waals surface area contributed by atoms with E-state index >= 15 is 0 Å². The van der Waals surface area contributed by atoms with Crippen LogP contribution in [0.3, 0.4) is 0 Å². The maximum atomic E-state index is 14.0. The predicted octanol–water partition coefficient (Wildman–Crippen LogP) is 1.95. The molecule has 0 spiro atoms. The number of carbonyl (C=O) groups is 1. The van der Waals surface area contributed by atoms with Gasteiger partial charge in [0.1, 0.15) is 5.69 Å². The van der Waals surface area contributed by atoms with E-state index in [1.807, 2.05) is 0 Å². The highest BCUT2D eigenvalue weighted by atomic mass is 19.1. The highest BCUT2D eigenvalue weighted by Gasteiger charge is 2.20. The Hall–Kier alpha value is -2.21. The minimum absolute atomic E-state index is 0.165. The average Bonchev–Trinajstić information content (AvgIpc) is 3.11. The summed E-state index contributed by atoms with van der Waals surface area (Å²) in [6, 6.07) is 6.28. The second kappa shape index (κ2) is 6.05. The van der Waals surface area contributed by atoms with E-state index in [4.69, 9.17) is 0 Å². The standard InChI is InChI=1S/C15H17FN4O/c16-13-8-12(4-5-14(13)20-7-1-6-18-20)19-15(21)10-17-9-11-2-3-11/h1,4-8,11,17H,2-3,9-10H2,(H,19,21). The molecule has 0 saturated heterocycles. The fraction of sp³-hybridized carbons (Fsp3) is 0.333. The van der Waals surface area contributed by atoms with Gasteiger partial charge in [-0.1, -0.05) is 0 Å². The first kappa shape index (κ1) is 13.8. The summed E-state index contributed by atoms with van der Waals surface area (Å²) in [5.41, 5.74) is 0.798. The molecule has 1 aliphatic rings. The van der Waals surface area contributed by atoms with Gasteiger partial charge in [0.2, 0.25) is 5.91 Å². The molecule has 0 radical (unpaired) electrons. The summed E-state index contributed by atoms with van der Waals surface area (Å²) in [7, 11) is 0. The van der Waals surface area contributed by atoms with E-state index in [2.05, 4.69) is 15.7 Å². The number of aromatic nitrogens is 2. The van der Waals surface area contributed by atoms with Crippen LogP contribution in [0.2, 0.25) is 0 Å². The second-order valence-corrected chi connectivity index (χ2v) is 5.24. The molecular weight excluding hydrogens is 271 g/mol. The molecule has 0 aliphatic heterocycles. The zero-order valence-corrected chi connectivity index (χ0v) is 11.6. The van der Waals surface area contributed by atoms with E-state index in [1.165, 1.54) is 23.6 Å². The molecule has 21 heavy (non-hydrogen) atoms. The summed E-state index contributed by atoms with van der Waals surface area (Å²) in [6.45, 7) is 1.12. The zero-order valence-electron chi connectivity index (χ0n) is 11.6. The molecule has 1 aromatic heterocycles. The van der Waals surface area contributed by atoms with Gasteiger partial charge >= 0.3 is 0 Å². The molecule has 1 aliphatic carbocycles. The van der Waals surface area contributed by atoms with Crippen LogP contribution < -0.4 is 10.6 Å². The third kappa shape index (κ3) is 3.66. The summed E-state index contributed by atoms with van der Waals surface area (Å²) in [6.07, 6.45) is 5.74. The van der Waals surface area contributed by atoms with Gasteiger partial charge in [-0.25, -0.2) is 9.07 Å². The Bertz CT molecular complexity index is 623. The van der Waals surface area contributed by atoms with E-state index < -0.39 is 5.82 Å². The Morgan fingerprint density at radius 3 is 2.95 bits per heavy atom. The van der Waals surface area contributed by atoms with E-state index in [-0.39, 0.29) is 12.5 Å². The van der Waals surface area contributed by atoms with E-state index in [0.29, 0.717) is 11.4 Å². The van der Waals surface area contributed by atoms with Crippen LogP contribution in [-0.2, 0) is 4.79 Å². The van der Waals surface area contributed by atoms with Gasteiger partial charge in [-0.15, -0.1) is 0 Å². The van der Waals surface area contributed by atoms with E-state index in [9.17, 15) is 9.18 Å². The minimum Gasteiger partial charge on any atom is -0.325 e. The maximum Gasteiger partial charge on any atom is 0.238 e. The highest BCUT2D eigenvalue weighted by Crippen LogP contribution is 2.27. The summed E-state index contributed by atoms with van der Waals surface area (Å²) in [5, 5.41) is 9.75. The molecule has 1 saturated carbocycles. The minimum atomic E-state index is -0.428. The van der Waals surface area contributed by atoms with Crippen LogP contribution in [0.15, 0.2) is 36.7 Å². The van der Waals surface area contributed by atoms with Crippen LogP contribution >= 0.6 is 0 Å². The van der Waals surface area contributed by atoms with Gasteiger partial charge < -0.3 is 10.6 Å². The predicted molar refractivity (Wildman–Crippen MR) is 77.7 cm³/mol.